The summed E-state index contributed by atoms with van der Waals surface area (Å²) < 4.78 is 26.6. The summed E-state index contributed by atoms with van der Waals surface area (Å²) in [7, 11) is -3.58. The molecule has 0 aliphatic heterocycles. The second-order valence-electron chi connectivity index (χ2n) is 10.0. The number of carbonyl (C=O) groups is 2. The van der Waals surface area contributed by atoms with Gasteiger partial charge in [-0.3, -0.25) is 13.9 Å². The standard InChI is InChI=1S/C28H39Cl2N3O4S/c1-7-25(28(35)31-17-19(2)3)32(18-22-23(29)10-8-11-24(22)30)27(34)12-9-15-33(38(6,36)37)26-16-20(4)13-14-21(26)5/h8,10-11,13-14,16,19,25H,7,9,12,15,17-18H2,1-6H3,(H,31,35). The minimum absolute atomic E-state index is 0.0485. The summed E-state index contributed by atoms with van der Waals surface area (Å²) in [6.45, 7) is 10.3. The third-order valence-electron chi connectivity index (χ3n) is 6.25. The number of sulfonamides is 1. The van der Waals surface area contributed by atoms with Gasteiger partial charge in [0.1, 0.15) is 6.04 Å². The lowest BCUT2D eigenvalue weighted by Gasteiger charge is -2.32. The van der Waals surface area contributed by atoms with Crippen molar-refractivity contribution in [2.45, 2.75) is 66.5 Å². The van der Waals surface area contributed by atoms with Crippen LogP contribution in [0.25, 0.3) is 0 Å². The van der Waals surface area contributed by atoms with Gasteiger partial charge in [-0.05, 0) is 61.9 Å². The van der Waals surface area contributed by atoms with E-state index in [4.69, 9.17) is 23.2 Å². The van der Waals surface area contributed by atoms with Crippen LogP contribution in [0, 0.1) is 19.8 Å². The first-order valence-corrected chi connectivity index (χ1v) is 15.4. The van der Waals surface area contributed by atoms with E-state index in [0.717, 1.165) is 17.4 Å². The highest BCUT2D eigenvalue weighted by Gasteiger charge is 2.30. The minimum atomic E-state index is -3.58. The zero-order valence-electron chi connectivity index (χ0n) is 23.1. The monoisotopic (exact) mass is 583 g/mol. The first-order valence-electron chi connectivity index (χ1n) is 12.8. The molecule has 0 aliphatic rings. The maximum atomic E-state index is 13.6. The second kappa shape index (κ2) is 14.2. The largest absolute Gasteiger partial charge is 0.354 e. The van der Waals surface area contributed by atoms with E-state index in [2.05, 4.69) is 5.32 Å². The molecule has 0 saturated heterocycles. The number of anilines is 1. The zero-order valence-corrected chi connectivity index (χ0v) is 25.4. The molecular weight excluding hydrogens is 545 g/mol. The van der Waals surface area contributed by atoms with Gasteiger partial charge in [-0.15, -0.1) is 0 Å². The topological polar surface area (TPSA) is 86.8 Å². The summed E-state index contributed by atoms with van der Waals surface area (Å²) in [4.78, 5) is 28.2. The van der Waals surface area contributed by atoms with Crippen LogP contribution in [0.15, 0.2) is 36.4 Å². The lowest BCUT2D eigenvalue weighted by molar-refractivity contribution is -0.141. The fraction of sp³-hybridized carbons (Fsp3) is 0.500. The number of nitrogens with zero attached hydrogens (tertiary/aromatic N) is 2. The molecule has 2 aromatic rings. The number of halogens is 2. The summed E-state index contributed by atoms with van der Waals surface area (Å²) in [5, 5.41) is 3.74. The van der Waals surface area contributed by atoms with E-state index in [1.54, 1.807) is 18.2 Å². The number of carbonyl (C=O) groups excluding carboxylic acids is 2. The number of benzene rings is 2. The number of amides is 2. The Kier molecular flexibility index (Phi) is 11.9. The molecule has 0 spiro atoms. The van der Waals surface area contributed by atoms with Gasteiger partial charge in [0.15, 0.2) is 0 Å². The highest BCUT2D eigenvalue weighted by molar-refractivity contribution is 7.92. The first-order chi connectivity index (χ1) is 17.8. The van der Waals surface area contributed by atoms with Crippen LogP contribution in [0.3, 0.4) is 0 Å². The van der Waals surface area contributed by atoms with Crippen LogP contribution in [-0.4, -0.2) is 50.5 Å². The van der Waals surface area contributed by atoms with Crippen LogP contribution >= 0.6 is 23.2 Å². The van der Waals surface area contributed by atoms with Crippen LogP contribution < -0.4 is 9.62 Å². The maximum absolute atomic E-state index is 13.6. The molecule has 2 rings (SSSR count). The van der Waals surface area contributed by atoms with E-state index in [0.29, 0.717) is 34.3 Å². The fourth-order valence-electron chi connectivity index (χ4n) is 4.17. The fourth-order valence-corrected chi connectivity index (χ4v) is 5.70. The molecule has 10 heteroatoms. The molecule has 0 fully saturated rings. The highest BCUT2D eigenvalue weighted by Crippen LogP contribution is 2.28. The van der Waals surface area contributed by atoms with E-state index < -0.39 is 16.1 Å². The lowest BCUT2D eigenvalue weighted by Crippen LogP contribution is -2.49. The summed E-state index contributed by atoms with van der Waals surface area (Å²) in [5.41, 5.74) is 2.93. The first kappa shape index (κ1) is 31.9. The molecule has 2 aromatic carbocycles. The van der Waals surface area contributed by atoms with Gasteiger partial charge in [0, 0.05) is 41.7 Å². The summed E-state index contributed by atoms with van der Waals surface area (Å²) in [6.07, 6.45) is 1.88. The Morgan fingerprint density at radius 1 is 1.05 bits per heavy atom. The number of hydrogen-bond acceptors (Lipinski definition) is 4. The normalized spacial score (nSPS) is 12.3. The van der Waals surface area contributed by atoms with Gasteiger partial charge >= 0.3 is 0 Å². The molecular formula is C28H39Cl2N3O4S. The van der Waals surface area contributed by atoms with Gasteiger partial charge < -0.3 is 10.2 Å². The Hall–Kier alpha value is -2.29. The van der Waals surface area contributed by atoms with Gasteiger partial charge in [0.05, 0.1) is 11.9 Å². The number of aryl methyl sites for hydroxylation is 2. The molecule has 2 amide bonds. The summed E-state index contributed by atoms with van der Waals surface area (Å²) in [5.74, 6) is -0.265. The van der Waals surface area contributed by atoms with Gasteiger partial charge in [-0.1, -0.05) is 62.2 Å². The average molecular weight is 585 g/mol. The van der Waals surface area contributed by atoms with Crippen molar-refractivity contribution in [3.05, 3.63) is 63.1 Å². The SMILES string of the molecule is CCC(C(=O)NCC(C)C)N(Cc1c(Cl)cccc1Cl)C(=O)CCCN(c1cc(C)ccc1C)S(C)(=O)=O. The predicted octanol–water partition coefficient (Wildman–Crippen LogP) is 5.74. The molecule has 1 atom stereocenters. The van der Waals surface area contributed by atoms with Crippen molar-refractivity contribution in [3.8, 4) is 0 Å². The third kappa shape index (κ3) is 8.89. The smallest absolute Gasteiger partial charge is 0.242 e. The van der Waals surface area contributed by atoms with Crippen LogP contribution in [0.2, 0.25) is 10.0 Å². The third-order valence-corrected chi connectivity index (χ3v) is 8.13. The molecule has 0 radical (unpaired) electrons. The second-order valence-corrected chi connectivity index (χ2v) is 12.7. The average Bonchev–Trinajstić information content (AvgIpc) is 2.83. The highest BCUT2D eigenvalue weighted by atomic mass is 35.5. The van der Waals surface area contributed by atoms with E-state index in [-0.39, 0.29) is 43.7 Å². The Labute approximate surface area is 237 Å². The van der Waals surface area contributed by atoms with E-state index >= 15 is 0 Å². The van der Waals surface area contributed by atoms with Crippen LogP contribution in [0.1, 0.15) is 56.7 Å². The van der Waals surface area contributed by atoms with Crippen molar-refractivity contribution in [1.82, 2.24) is 10.2 Å². The molecule has 0 bridgehead atoms. The molecule has 7 nitrogen and oxygen atoms in total. The molecule has 0 aliphatic carbocycles. The van der Waals surface area contributed by atoms with Crippen molar-refractivity contribution in [1.29, 1.82) is 0 Å². The van der Waals surface area contributed by atoms with E-state index in [1.807, 2.05) is 52.8 Å². The van der Waals surface area contributed by atoms with Gasteiger partial charge in [0.2, 0.25) is 21.8 Å². The van der Waals surface area contributed by atoms with Crippen LogP contribution in [0.5, 0.6) is 0 Å². The van der Waals surface area contributed by atoms with Crippen molar-refractivity contribution in [2.75, 3.05) is 23.7 Å². The quantitative estimate of drug-likeness (QED) is 0.326. The molecule has 38 heavy (non-hydrogen) atoms. The van der Waals surface area contributed by atoms with Crippen molar-refractivity contribution < 1.29 is 18.0 Å². The number of rotatable bonds is 13. The number of hydrogen-bond donors (Lipinski definition) is 1. The van der Waals surface area contributed by atoms with Crippen molar-refractivity contribution in [3.63, 3.8) is 0 Å². The van der Waals surface area contributed by atoms with Crippen molar-refractivity contribution >= 4 is 50.7 Å². The Morgan fingerprint density at radius 3 is 2.24 bits per heavy atom. The van der Waals surface area contributed by atoms with E-state index in [1.165, 1.54) is 9.21 Å². The molecule has 1 N–H and O–H groups in total. The minimum Gasteiger partial charge on any atom is -0.354 e. The van der Waals surface area contributed by atoms with Crippen LogP contribution in [0.4, 0.5) is 5.69 Å². The van der Waals surface area contributed by atoms with Gasteiger partial charge in [0.25, 0.3) is 0 Å². The van der Waals surface area contributed by atoms with E-state index in [9.17, 15) is 18.0 Å². The molecule has 210 valence electrons. The summed E-state index contributed by atoms with van der Waals surface area (Å²) >= 11 is 12.8. The van der Waals surface area contributed by atoms with Crippen LogP contribution in [-0.2, 0) is 26.2 Å². The Balaban J connectivity index is 2.30. The molecule has 0 aromatic heterocycles. The molecule has 0 heterocycles. The summed E-state index contributed by atoms with van der Waals surface area (Å²) in [6, 6.07) is 10.0. The van der Waals surface area contributed by atoms with Gasteiger partial charge in [-0.25, -0.2) is 8.42 Å². The molecule has 0 saturated carbocycles. The van der Waals surface area contributed by atoms with Gasteiger partial charge in [-0.2, -0.15) is 0 Å². The predicted molar refractivity (Wildman–Crippen MR) is 156 cm³/mol. The lowest BCUT2D eigenvalue weighted by atomic mass is 10.1. The Bertz CT molecular complexity index is 1210. The number of nitrogens with one attached hydrogen (secondary N) is 1. The Morgan fingerprint density at radius 2 is 1.68 bits per heavy atom. The van der Waals surface area contributed by atoms with Crippen molar-refractivity contribution in [2.24, 2.45) is 5.92 Å². The molecule has 1 unspecified atom stereocenters. The zero-order chi connectivity index (χ0) is 28.6. The maximum Gasteiger partial charge on any atom is 0.242 e.